The number of hydrogen-bond acceptors (Lipinski definition) is 3. The zero-order chi connectivity index (χ0) is 15.7. The number of ether oxygens (including phenoxy) is 1. The molecule has 0 radical (unpaired) electrons. The first-order valence-corrected chi connectivity index (χ1v) is 6.56. The average molecular weight is 276 g/mol. The summed E-state index contributed by atoms with van der Waals surface area (Å²) in [5.41, 5.74) is 2.51. The third-order valence-electron chi connectivity index (χ3n) is 2.87. The highest BCUT2D eigenvalue weighted by molar-refractivity contribution is 5.88. The monoisotopic (exact) mass is 276 g/mol. The molecule has 0 aromatic carbocycles. The SMILES string of the molecule is C#CC[C@@H](O)[C@H](C)/C=C(C)/C=C(C)/C=C(\C)C(=O)OC. The summed E-state index contributed by atoms with van der Waals surface area (Å²) in [6, 6.07) is 0. The maximum Gasteiger partial charge on any atom is 0.333 e. The summed E-state index contributed by atoms with van der Waals surface area (Å²) < 4.78 is 4.64. The Labute approximate surface area is 122 Å². The van der Waals surface area contributed by atoms with Crippen LogP contribution in [0.2, 0.25) is 0 Å². The van der Waals surface area contributed by atoms with Gasteiger partial charge in [0.15, 0.2) is 0 Å². The lowest BCUT2D eigenvalue weighted by atomic mass is 9.98. The van der Waals surface area contributed by atoms with Crippen LogP contribution >= 0.6 is 0 Å². The highest BCUT2D eigenvalue weighted by Crippen LogP contribution is 2.13. The van der Waals surface area contributed by atoms with Crippen molar-refractivity contribution in [2.75, 3.05) is 7.11 Å². The predicted octanol–water partition coefficient (Wildman–Crippen LogP) is 3.02. The van der Waals surface area contributed by atoms with Gasteiger partial charge in [-0.15, -0.1) is 12.3 Å². The highest BCUT2D eigenvalue weighted by Gasteiger charge is 2.10. The molecule has 0 aromatic rings. The second-order valence-electron chi connectivity index (χ2n) is 4.95. The number of hydrogen-bond donors (Lipinski definition) is 1. The highest BCUT2D eigenvalue weighted by atomic mass is 16.5. The van der Waals surface area contributed by atoms with E-state index in [2.05, 4.69) is 10.7 Å². The van der Waals surface area contributed by atoms with Crippen LogP contribution in [-0.4, -0.2) is 24.3 Å². The fraction of sp³-hybridized carbons (Fsp3) is 0.471. The van der Waals surface area contributed by atoms with Crippen LogP contribution in [0.3, 0.4) is 0 Å². The molecule has 0 bridgehead atoms. The molecule has 0 aliphatic carbocycles. The van der Waals surface area contributed by atoms with Crippen molar-refractivity contribution in [1.82, 2.24) is 0 Å². The number of rotatable bonds is 6. The van der Waals surface area contributed by atoms with E-state index >= 15 is 0 Å². The van der Waals surface area contributed by atoms with Gasteiger partial charge in [-0.1, -0.05) is 30.2 Å². The van der Waals surface area contributed by atoms with Crippen LogP contribution in [0.1, 0.15) is 34.1 Å². The molecule has 110 valence electrons. The summed E-state index contributed by atoms with van der Waals surface area (Å²) >= 11 is 0. The normalized spacial score (nSPS) is 16.4. The summed E-state index contributed by atoms with van der Waals surface area (Å²) in [6.45, 7) is 7.49. The van der Waals surface area contributed by atoms with Gasteiger partial charge < -0.3 is 9.84 Å². The zero-order valence-corrected chi connectivity index (χ0v) is 12.9. The smallest absolute Gasteiger partial charge is 0.333 e. The third kappa shape index (κ3) is 6.96. The van der Waals surface area contributed by atoms with Crippen LogP contribution < -0.4 is 0 Å². The van der Waals surface area contributed by atoms with E-state index in [1.54, 1.807) is 13.0 Å². The molecule has 20 heavy (non-hydrogen) atoms. The summed E-state index contributed by atoms with van der Waals surface area (Å²) in [5.74, 6) is 2.10. The van der Waals surface area contributed by atoms with Crippen LogP contribution in [0.25, 0.3) is 0 Å². The van der Waals surface area contributed by atoms with E-state index < -0.39 is 6.10 Å². The molecule has 2 atom stereocenters. The van der Waals surface area contributed by atoms with E-state index in [0.717, 1.165) is 11.1 Å². The zero-order valence-electron chi connectivity index (χ0n) is 12.9. The Balaban J connectivity index is 4.88. The van der Waals surface area contributed by atoms with Crippen LogP contribution in [0.4, 0.5) is 0 Å². The molecule has 0 saturated carbocycles. The van der Waals surface area contributed by atoms with Gasteiger partial charge in [-0.25, -0.2) is 4.79 Å². The van der Waals surface area contributed by atoms with Gasteiger partial charge >= 0.3 is 5.97 Å². The van der Waals surface area contributed by atoms with Gasteiger partial charge in [-0.05, 0) is 26.8 Å². The molecule has 0 fully saturated rings. The number of carbonyl (C=O) groups excluding carboxylic acids is 1. The Bertz CT molecular complexity index is 461. The topological polar surface area (TPSA) is 46.5 Å². The van der Waals surface area contributed by atoms with Crippen LogP contribution in [0.15, 0.2) is 34.9 Å². The van der Waals surface area contributed by atoms with Gasteiger partial charge in [0.25, 0.3) is 0 Å². The van der Waals surface area contributed by atoms with E-state index in [9.17, 15) is 9.90 Å². The maximum absolute atomic E-state index is 11.3. The maximum atomic E-state index is 11.3. The van der Waals surface area contributed by atoms with Crippen molar-refractivity contribution >= 4 is 5.97 Å². The summed E-state index contributed by atoms with van der Waals surface area (Å²) in [5, 5.41) is 9.77. The van der Waals surface area contributed by atoms with Crippen LogP contribution in [0, 0.1) is 18.3 Å². The second-order valence-corrected chi connectivity index (χ2v) is 4.95. The second kappa shape index (κ2) is 9.17. The van der Waals surface area contributed by atoms with E-state index in [1.165, 1.54) is 7.11 Å². The quantitative estimate of drug-likeness (QED) is 0.351. The molecule has 0 aliphatic rings. The minimum Gasteiger partial charge on any atom is -0.466 e. The van der Waals surface area contributed by atoms with Crippen LogP contribution in [0.5, 0.6) is 0 Å². The number of allylic oxidation sites excluding steroid dienone is 4. The van der Waals surface area contributed by atoms with Gasteiger partial charge in [0.05, 0.1) is 13.2 Å². The molecule has 0 unspecified atom stereocenters. The molecule has 0 saturated heterocycles. The van der Waals surface area contributed by atoms with Crippen molar-refractivity contribution in [1.29, 1.82) is 0 Å². The Morgan fingerprint density at radius 1 is 1.30 bits per heavy atom. The predicted molar refractivity (Wildman–Crippen MR) is 81.9 cm³/mol. The van der Waals surface area contributed by atoms with Gasteiger partial charge in [0.2, 0.25) is 0 Å². The number of terminal acetylenes is 1. The summed E-state index contributed by atoms with van der Waals surface area (Å²) in [7, 11) is 1.36. The standard InChI is InChI=1S/C17H24O3/c1-7-8-16(18)14(4)10-12(2)9-13(3)11-15(5)17(19)20-6/h1,9-11,14,16,18H,8H2,2-6H3/b12-10+,13-9+,15-11+/t14-,16-/m1/s1. The lowest BCUT2D eigenvalue weighted by Crippen LogP contribution is -2.14. The largest absolute Gasteiger partial charge is 0.466 e. The van der Waals surface area contributed by atoms with Gasteiger partial charge in [-0.3, -0.25) is 0 Å². The van der Waals surface area contributed by atoms with Crippen molar-refractivity contribution in [2.24, 2.45) is 5.92 Å². The average Bonchev–Trinajstić information content (AvgIpc) is 2.37. The molecule has 1 N–H and O–H groups in total. The molecular weight excluding hydrogens is 252 g/mol. The van der Waals surface area contributed by atoms with Crippen molar-refractivity contribution in [2.45, 2.75) is 40.2 Å². The number of aliphatic hydroxyl groups excluding tert-OH is 1. The third-order valence-corrected chi connectivity index (χ3v) is 2.87. The summed E-state index contributed by atoms with van der Waals surface area (Å²) in [4.78, 5) is 11.3. The molecular formula is C17H24O3. The number of aliphatic hydroxyl groups is 1. The number of carbonyl (C=O) groups is 1. The Kier molecular flexibility index (Phi) is 8.35. The Morgan fingerprint density at radius 3 is 2.40 bits per heavy atom. The van der Waals surface area contributed by atoms with E-state index in [-0.39, 0.29) is 11.9 Å². The van der Waals surface area contributed by atoms with Gasteiger partial charge in [0, 0.05) is 17.9 Å². The molecule has 0 aliphatic heterocycles. The van der Waals surface area contributed by atoms with E-state index in [0.29, 0.717) is 12.0 Å². The van der Waals surface area contributed by atoms with E-state index in [4.69, 9.17) is 6.42 Å². The van der Waals surface area contributed by atoms with Gasteiger partial charge in [-0.2, -0.15) is 0 Å². The first-order chi connectivity index (χ1) is 9.31. The van der Waals surface area contributed by atoms with Crippen molar-refractivity contribution in [3.05, 3.63) is 34.9 Å². The molecule has 0 heterocycles. The van der Waals surface area contributed by atoms with Gasteiger partial charge in [0.1, 0.15) is 0 Å². The lowest BCUT2D eigenvalue weighted by Gasteiger charge is -2.13. The first-order valence-electron chi connectivity index (χ1n) is 6.56. The number of esters is 1. The van der Waals surface area contributed by atoms with Crippen molar-refractivity contribution < 1.29 is 14.6 Å². The fourth-order valence-electron chi connectivity index (χ4n) is 1.84. The molecule has 0 rings (SSSR count). The summed E-state index contributed by atoms with van der Waals surface area (Å²) in [6.07, 6.45) is 10.7. The van der Waals surface area contributed by atoms with Crippen molar-refractivity contribution in [3.8, 4) is 12.3 Å². The molecule has 0 spiro atoms. The number of methoxy groups -OCH3 is 1. The van der Waals surface area contributed by atoms with Crippen molar-refractivity contribution in [3.63, 3.8) is 0 Å². The molecule has 3 nitrogen and oxygen atoms in total. The molecule has 3 heteroatoms. The minimum absolute atomic E-state index is 0.0132. The molecule has 0 aromatic heterocycles. The Morgan fingerprint density at radius 2 is 1.90 bits per heavy atom. The first kappa shape index (κ1) is 18.2. The lowest BCUT2D eigenvalue weighted by molar-refractivity contribution is -0.136. The van der Waals surface area contributed by atoms with E-state index in [1.807, 2.05) is 32.9 Å². The Hall–Kier alpha value is -1.79. The minimum atomic E-state index is -0.531. The molecule has 0 amide bonds. The fourth-order valence-corrected chi connectivity index (χ4v) is 1.84. The van der Waals surface area contributed by atoms with Crippen LogP contribution in [-0.2, 0) is 9.53 Å².